The van der Waals surface area contributed by atoms with Gasteiger partial charge in [0, 0.05) is 23.6 Å². The van der Waals surface area contributed by atoms with Gasteiger partial charge in [-0.3, -0.25) is 14.6 Å². The van der Waals surface area contributed by atoms with E-state index < -0.39 is 58.9 Å². The molecule has 0 radical (unpaired) electrons. The van der Waals surface area contributed by atoms with E-state index in [0.29, 0.717) is 0 Å². The fraction of sp³-hybridized carbons (Fsp3) is 0.381. The minimum absolute atomic E-state index is 0.0239. The summed E-state index contributed by atoms with van der Waals surface area (Å²) >= 11 is 0. The lowest BCUT2D eigenvalue weighted by atomic mass is 9.77. The average molecular weight is 473 g/mol. The molecule has 4 atom stereocenters. The lowest BCUT2D eigenvalue weighted by Gasteiger charge is -2.32. The Morgan fingerprint density at radius 3 is 2.48 bits per heavy atom. The van der Waals surface area contributed by atoms with Crippen LogP contribution in [0.4, 0.5) is 27.6 Å². The van der Waals surface area contributed by atoms with Crippen molar-refractivity contribution in [2.24, 2.45) is 11.7 Å². The van der Waals surface area contributed by atoms with Gasteiger partial charge in [0.15, 0.2) is 17.2 Å². The van der Waals surface area contributed by atoms with E-state index >= 15 is 0 Å². The second-order valence-corrected chi connectivity index (χ2v) is 7.76. The van der Waals surface area contributed by atoms with E-state index in [4.69, 9.17) is 15.2 Å². The number of nitrogens with zero attached hydrogens (tertiary/aromatic N) is 1. The molecule has 2 heterocycles. The number of anilines is 1. The molecule has 0 saturated carbocycles. The van der Waals surface area contributed by atoms with Crippen molar-refractivity contribution in [3.63, 3.8) is 0 Å². The zero-order valence-corrected chi connectivity index (χ0v) is 17.7. The number of methoxy groups -OCH3 is 1. The van der Waals surface area contributed by atoms with Crippen LogP contribution in [0.25, 0.3) is 0 Å². The van der Waals surface area contributed by atoms with E-state index in [-0.39, 0.29) is 16.8 Å². The quantitative estimate of drug-likeness (QED) is 0.647. The van der Waals surface area contributed by atoms with Crippen molar-refractivity contribution in [3.05, 3.63) is 53.4 Å². The third kappa shape index (κ3) is 4.22. The number of hydrogen-bond donors (Lipinski definition) is 2. The third-order valence-electron chi connectivity index (χ3n) is 5.86. The first-order valence-corrected chi connectivity index (χ1v) is 9.64. The fourth-order valence-electron chi connectivity index (χ4n) is 3.90. The molecule has 3 rings (SSSR count). The van der Waals surface area contributed by atoms with E-state index in [1.54, 1.807) is 0 Å². The smallest absolute Gasteiger partial charge is 0.417 e. The summed E-state index contributed by atoms with van der Waals surface area (Å²) in [5.41, 5.74) is 2.15. The van der Waals surface area contributed by atoms with E-state index in [2.05, 4.69) is 10.3 Å². The molecule has 1 aliphatic heterocycles. The summed E-state index contributed by atoms with van der Waals surface area (Å²) in [6, 6.07) is 2.97. The summed E-state index contributed by atoms with van der Waals surface area (Å²) in [5.74, 6) is -7.92. The summed E-state index contributed by atoms with van der Waals surface area (Å²) < 4.78 is 80.0. The van der Waals surface area contributed by atoms with Crippen molar-refractivity contribution in [2.45, 2.75) is 37.6 Å². The molecule has 7 nitrogen and oxygen atoms in total. The predicted octanol–water partition coefficient (Wildman–Crippen LogP) is 3.55. The molecule has 1 aromatic carbocycles. The maximum absolute atomic E-state index is 14.3. The molecule has 0 aliphatic carbocycles. The fourth-order valence-corrected chi connectivity index (χ4v) is 3.90. The van der Waals surface area contributed by atoms with Gasteiger partial charge >= 0.3 is 6.18 Å². The molecule has 1 saturated heterocycles. The SMILES string of the molecule is COc1c([C@@H]2[C@@H](C(=O)Nc3cncc(C(N)=O)c3)O[C@](C)(C(F)(F)F)[C@@H]2C)ccc(F)c1F. The largest absolute Gasteiger partial charge is 0.493 e. The van der Waals surface area contributed by atoms with Crippen molar-refractivity contribution in [2.75, 3.05) is 12.4 Å². The normalized spacial score (nSPS) is 25.0. The molecule has 0 unspecified atom stereocenters. The number of nitrogens with two attached hydrogens (primary N) is 1. The Labute approximate surface area is 185 Å². The number of pyridine rings is 1. The van der Waals surface area contributed by atoms with Gasteiger partial charge < -0.3 is 20.5 Å². The number of hydrogen-bond acceptors (Lipinski definition) is 5. The van der Waals surface area contributed by atoms with Crippen molar-refractivity contribution in [1.29, 1.82) is 0 Å². The number of halogens is 5. The highest BCUT2D eigenvalue weighted by Gasteiger charge is 2.65. The summed E-state index contributed by atoms with van der Waals surface area (Å²) in [4.78, 5) is 28.1. The Balaban J connectivity index is 2.07. The molecule has 2 aromatic rings. The van der Waals surface area contributed by atoms with Crippen LogP contribution in [-0.2, 0) is 9.53 Å². The molecule has 178 valence electrons. The van der Waals surface area contributed by atoms with E-state index in [1.165, 1.54) is 13.0 Å². The minimum Gasteiger partial charge on any atom is -0.493 e. The van der Waals surface area contributed by atoms with Crippen LogP contribution in [0.5, 0.6) is 5.75 Å². The van der Waals surface area contributed by atoms with E-state index in [0.717, 1.165) is 38.6 Å². The zero-order valence-electron chi connectivity index (χ0n) is 17.7. The van der Waals surface area contributed by atoms with Crippen LogP contribution in [-0.4, -0.2) is 41.8 Å². The van der Waals surface area contributed by atoms with Crippen LogP contribution in [0.2, 0.25) is 0 Å². The first kappa shape index (κ1) is 24.4. The molecule has 0 spiro atoms. The molecular formula is C21H20F5N3O4. The van der Waals surface area contributed by atoms with Crippen LogP contribution in [0.1, 0.15) is 35.7 Å². The maximum Gasteiger partial charge on any atom is 0.417 e. The first-order valence-electron chi connectivity index (χ1n) is 9.64. The van der Waals surface area contributed by atoms with Gasteiger partial charge in [0.1, 0.15) is 6.10 Å². The van der Waals surface area contributed by atoms with Gasteiger partial charge in [0.2, 0.25) is 11.7 Å². The number of rotatable bonds is 5. The number of nitrogens with one attached hydrogen (secondary N) is 1. The lowest BCUT2D eigenvalue weighted by molar-refractivity contribution is -0.272. The van der Waals surface area contributed by atoms with Gasteiger partial charge in [0.05, 0.1) is 24.6 Å². The van der Waals surface area contributed by atoms with E-state index in [9.17, 15) is 31.5 Å². The van der Waals surface area contributed by atoms with Crippen molar-refractivity contribution in [1.82, 2.24) is 4.98 Å². The molecule has 12 heteroatoms. The van der Waals surface area contributed by atoms with Crippen LogP contribution in [0, 0.1) is 17.6 Å². The lowest BCUT2D eigenvalue weighted by Crippen LogP contribution is -2.47. The highest BCUT2D eigenvalue weighted by atomic mass is 19.4. The molecule has 33 heavy (non-hydrogen) atoms. The summed E-state index contributed by atoms with van der Waals surface area (Å²) in [6.45, 7) is 1.97. The Morgan fingerprint density at radius 1 is 1.24 bits per heavy atom. The van der Waals surface area contributed by atoms with Gasteiger partial charge in [-0.05, 0) is 19.1 Å². The number of aromatic nitrogens is 1. The van der Waals surface area contributed by atoms with Gasteiger partial charge in [-0.1, -0.05) is 13.0 Å². The highest BCUT2D eigenvalue weighted by Crippen LogP contribution is 2.54. The third-order valence-corrected chi connectivity index (χ3v) is 5.86. The summed E-state index contributed by atoms with van der Waals surface area (Å²) in [7, 11) is 1.03. The van der Waals surface area contributed by atoms with Gasteiger partial charge in [-0.25, -0.2) is 4.39 Å². The number of primary amides is 1. The van der Waals surface area contributed by atoms with Crippen molar-refractivity contribution in [3.8, 4) is 5.75 Å². The number of benzene rings is 1. The zero-order chi connectivity index (χ0) is 24.7. The predicted molar refractivity (Wildman–Crippen MR) is 106 cm³/mol. The Bertz CT molecular complexity index is 1090. The number of carbonyl (C=O) groups excluding carboxylic acids is 2. The van der Waals surface area contributed by atoms with Crippen molar-refractivity contribution < 1.29 is 41.0 Å². The van der Waals surface area contributed by atoms with Crippen LogP contribution >= 0.6 is 0 Å². The van der Waals surface area contributed by atoms with Crippen LogP contribution in [0.15, 0.2) is 30.6 Å². The van der Waals surface area contributed by atoms with Crippen LogP contribution < -0.4 is 15.8 Å². The molecule has 3 N–H and O–H groups in total. The summed E-state index contributed by atoms with van der Waals surface area (Å²) in [6.07, 6.45) is -4.37. The number of ether oxygens (including phenoxy) is 2. The second kappa shape index (κ2) is 8.58. The highest BCUT2D eigenvalue weighted by molar-refractivity contribution is 5.97. The average Bonchev–Trinajstić information content (AvgIpc) is 3.02. The van der Waals surface area contributed by atoms with Crippen molar-refractivity contribution >= 4 is 17.5 Å². The first-order chi connectivity index (χ1) is 15.3. The van der Waals surface area contributed by atoms with Gasteiger partial charge in [0.25, 0.3) is 5.91 Å². The second-order valence-electron chi connectivity index (χ2n) is 7.76. The Hall–Kier alpha value is -3.28. The molecule has 2 amide bonds. The maximum atomic E-state index is 14.3. The van der Waals surface area contributed by atoms with Crippen LogP contribution in [0.3, 0.4) is 0 Å². The van der Waals surface area contributed by atoms with Gasteiger partial charge in [-0.15, -0.1) is 0 Å². The van der Waals surface area contributed by atoms with E-state index in [1.807, 2.05) is 0 Å². The molecule has 1 aromatic heterocycles. The standard InChI is InChI=1S/C21H20F5N3O4/c1-9-14(12-4-5-13(22)15(23)16(12)32-3)17(33-20(9,2)21(24,25)26)19(31)29-11-6-10(18(27)30)7-28-8-11/h4-9,14,17H,1-3H3,(H2,27,30)(H,29,31)/t9-,14-,17+,20+/m1/s1. The number of amides is 2. The monoisotopic (exact) mass is 473 g/mol. The number of carbonyl (C=O) groups is 2. The summed E-state index contributed by atoms with van der Waals surface area (Å²) in [5, 5.41) is 2.34. The molecular weight excluding hydrogens is 453 g/mol. The Kier molecular flexibility index (Phi) is 6.33. The Morgan fingerprint density at radius 2 is 1.91 bits per heavy atom. The molecule has 1 fully saturated rings. The minimum atomic E-state index is -4.89. The number of alkyl halides is 3. The molecule has 1 aliphatic rings. The molecule has 0 bridgehead atoms. The topological polar surface area (TPSA) is 104 Å². The van der Waals surface area contributed by atoms with Gasteiger partial charge in [-0.2, -0.15) is 17.6 Å².